The molecule has 23 heavy (non-hydrogen) atoms. The van der Waals surface area contributed by atoms with Crippen molar-refractivity contribution in [2.24, 2.45) is 0 Å². The number of amides is 2. The molecule has 2 aromatic carbocycles. The van der Waals surface area contributed by atoms with Crippen LogP contribution in [0.3, 0.4) is 0 Å². The molecule has 0 aliphatic heterocycles. The first-order valence-corrected chi connectivity index (χ1v) is 7.32. The molecule has 5 heteroatoms. The molecule has 0 saturated carbocycles. The molecule has 2 amide bonds. The van der Waals surface area contributed by atoms with Gasteiger partial charge in [-0.2, -0.15) is 0 Å². The molecular weight excluding hydrogens is 292 g/mol. The summed E-state index contributed by atoms with van der Waals surface area (Å²) in [6, 6.07) is 12.4. The Balaban J connectivity index is 1.92. The molecule has 0 atom stereocenters. The molecule has 2 N–H and O–H groups in total. The predicted octanol–water partition coefficient (Wildman–Crippen LogP) is 2.68. The molecule has 0 spiro atoms. The van der Waals surface area contributed by atoms with E-state index >= 15 is 0 Å². The van der Waals surface area contributed by atoms with E-state index < -0.39 is 0 Å². The highest BCUT2D eigenvalue weighted by molar-refractivity contribution is 5.95. The van der Waals surface area contributed by atoms with Crippen molar-refractivity contribution in [1.82, 2.24) is 5.32 Å². The van der Waals surface area contributed by atoms with E-state index in [1.807, 2.05) is 32.0 Å². The smallest absolute Gasteiger partial charge is 0.262 e. The van der Waals surface area contributed by atoms with Gasteiger partial charge in [0.25, 0.3) is 11.8 Å². The zero-order valence-electron chi connectivity index (χ0n) is 13.5. The van der Waals surface area contributed by atoms with E-state index in [0.29, 0.717) is 17.0 Å². The van der Waals surface area contributed by atoms with Crippen molar-refractivity contribution in [3.63, 3.8) is 0 Å². The number of carbonyl (C=O) groups is 2. The van der Waals surface area contributed by atoms with Crippen molar-refractivity contribution in [3.8, 4) is 5.75 Å². The summed E-state index contributed by atoms with van der Waals surface area (Å²) in [4.78, 5) is 23.4. The second-order valence-corrected chi connectivity index (χ2v) is 5.19. The Kier molecular flexibility index (Phi) is 5.36. The first-order valence-electron chi connectivity index (χ1n) is 7.32. The summed E-state index contributed by atoms with van der Waals surface area (Å²) in [5, 5.41) is 5.28. The first-order chi connectivity index (χ1) is 11.0. The number of benzene rings is 2. The van der Waals surface area contributed by atoms with Crippen LogP contribution in [0.4, 0.5) is 5.69 Å². The zero-order valence-corrected chi connectivity index (χ0v) is 13.5. The van der Waals surface area contributed by atoms with Crippen LogP contribution in [-0.2, 0) is 4.79 Å². The third kappa shape index (κ3) is 4.32. The number of anilines is 1. The molecule has 0 aliphatic carbocycles. The SMILES string of the molecule is CNC(=O)c1ccc(NC(=O)COc2cccc(C)c2C)cc1. The lowest BCUT2D eigenvalue weighted by Gasteiger charge is -2.11. The van der Waals surface area contributed by atoms with Crippen LogP contribution < -0.4 is 15.4 Å². The van der Waals surface area contributed by atoms with Gasteiger partial charge in [-0.25, -0.2) is 0 Å². The Morgan fingerprint density at radius 3 is 2.39 bits per heavy atom. The average molecular weight is 312 g/mol. The fraction of sp³-hybridized carbons (Fsp3) is 0.222. The van der Waals surface area contributed by atoms with E-state index in [1.54, 1.807) is 31.3 Å². The van der Waals surface area contributed by atoms with Gasteiger partial charge in [0.1, 0.15) is 5.75 Å². The van der Waals surface area contributed by atoms with E-state index in [9.17, 15) is 9.59 Å². The van der Waals surface area contributed by atoms with Gasteiger partial charge in [0.15, 0.2) is 6.61 Å². The predicted molar refractivity (Wildman–Crippen MR) is 89.9 cm³/mol. The fourth-order valence-corrected chi connectivity index (χ4v) is 2.07. The second-order valence-electron chi connectivity index (χ2n) is 5.19. The molecule has 0 saturated heterocycles. The van der Waals surface area contributed by atoms with Gasteiger partial charge >= 0.3 is 0 Å². The van der Waals surface area contributed by atoms with Crippen LogP contribution in [-0.4, -0.2) is 25.5 Å². The molecule has 120 valence electrons. The second kappa shape index (κ2) is 7.45. The Labute approximate surface area is 135 Å². The van der Waals surface area contributed by atoms with Crippen LogP contribution in [0.25, 0.3) is 0 Å². The molecule has 5 nitrogen and oxygen atoms in total. The van der Waals surface area contributed by atoms with Crippen LogP contribution in [0, 0.1) is 13.8 Å². The van der Waals surface area contributed by atoms with Gasteiger partial charge < -0.3 is 15.4 Å². The van der Waals surface area contributed by atoms with E-state index in [2.05, 4.69) is 10.6 Å². The normalized spacial score (nSPS) is 10.0. The Morgan fingerprint density at radius 2 is 1.74 bits per heavy atom. The van der Waals surface area contributed by atoms with Gasteiger partial charge in [-0.05, 0) is 55.3 Å². The third-order valence-electron chi connectivity index (χ3n) is 3.57. The van der Waals surface area contributed by atoms with Crippen molar-refractivity contribution < 1.29 is 14.3 Å². The number of aryl methyl sites for hydroxylation is 1. The number of hydrogen-bond donors (Lipinski definition) is 2. The molecule has 0 radical (unpaired) electrons. The van der Waals surface area contributed by atoms with Crippen LogP contribution in [0.5, 0.6) is 5.75 Å². The standard InChI is InChI=1S/C18H20N2O3/c1-12-5-4-6-16(13(12)2)23-11-17(21)20-15-9-7-14(8-10-15)18(22)19-3/h4-10H,11H2,1-3H3,(H,19,22)(H,20,21). The van der Waals surface area contributed by atoms with E-state index in [-0.39, 0.29) is 18.4 Å². The molecule has 0 aromatic heterocycles. The first kappa shape index (κ1) is 16.5. The molecule has 0 heterocycles. The summed E-state index contributed by atoms with van der Waals surface area (Å²) in [5.74, 6) is 0.287. The van der Waals surface area contributed by atoms with Crippen LogP contribution >= 0.6 is 0 Å². The maximum Gasteiger partial charge on any atom is 0.262 e. The van der Waals surface area contributed by atoms with E-state index in [0.717, 1.165) is 11.1 Å². The summed E-state index contributed by atoms with van der Waals surface area (Å²) in [7, 11) is 1.57. The largest absolute Gasteiger partial charge is 0.483 e. The number of carbonyl (C=O) groups excluding carboxylic acids is 2. The van der Waals surface area contributed by atoms with Gasteiger partial charge in [-0.1, -0.05) is 12.1 Å². The highest BCUT2D eigenvalue weighted by Gasteiger charge is 2.07. The monoisotopic (exact) mass is 312 g/mol. The number of rotatable bonds is 5. The van der Waals surface area contributed by atoms with Crippen LogP contribution in [0.1, 0.15) is 21.5 Å². The number of nitrogens with one attached hydrogen (secondary N) is 2. The summed E-state index contributed by atoms with van der Waals surface area (Å²) in [6.45, 7) is 3.89. The van der Waals surface area contributed by atoms with Crippen molar-refractivity contribution in [1.29, 1.82) is 0 Å². The van der Waals surface area contributed by atoms with Crippen LogP contribution in [0.15, 0.2) is 42.5 Å². The molecule has 0 aliphatic rings. The number of hydrogen-bond acceptors (Lipinski definition) is 3. The lowest BCUT2D eigenvalue weighted by atomic mass is 10.1. The Bertz CT molecular complexity index is 709. The van der Waals surface area contributed by atoms with E-state index in [4.69, 9.17) is 4.74 Å². The molecular formula is C18H20N2O3. The fourth-order valence-electron chi connectivity index (χ4n) is 2.07. The maximum atomic E-state index is 11.9. The molecule has 2 aromatic rings. The van der Waals surface area contributed by atoms with Gasteiger partial charge in [0, 0.05) is 18.3 Å². The highest BCUT2D eigenvalue weighted by atomic mass is 16.5. The molecule has 0 fully saturated rings. The van der Waals surface area contributed by atoms with Gasteiger partial charge in [0.05, 0.1) is 0 Å². The minimum absolute atomic E-state index is 0.0680. The summed E-state index contributed by atoms with van der Waals surface area (Å²) >= 11 is 0. The topological polar surface area (TPSA) is 67.4 Å². The zero-order chi connectivity index (χ0) is 16.8. The highest BCUT2D eigenvalue weighted by Crippen LogP contribution is 2.20. The van der Waals surface area contributed by atoms with Crippen molar-refractivity contribution >= 4 is 17.5 Å². The molecule has 2 rings (SSSR count). The van der Waals surface area contributed by atoms with Gasteiger partial charge in [-0.15, -0.1) is 0 Å². The van der Waals surface area contributed by atoms with Crippen LogP contribution in [0.2, 0.25) is 0 Å². The quantitative estimate of drug-likeness (QED) is 0.892. The minimum Gasteiger partial charge on any atom is -0.483 e. The Morgan fingerprint density at radius 1 is 1.04 bits per heavy atom. The Hall–Kier alpha value is -2.82. The minimum atomic E-state index is -0.251. The third-order valence-corrected chi connectivity index (χ3v) is 3.57. The summed E-state index contributed by atoms with van der Waals surface area (Å²) in [6.07, 6.45) is 0. The number of ether oxygens (including phenoxy) is 1. The van der Waals surface area contributed by atoms with Gasteiger partial charge in [0.2, 0.25) is 0 Å². The lowest BCUT2D eigenvalue weighted by Crippen LogP contribution is -2.21. The van der Waals surface area contributed by atoms with Crippen molar-refractivity contribution in [2.45, 2.75) is 13.8 Å². The van der Waals surface area contributed by atoms with Gasteiger partial charge in [-0.3, -0.25) is 9.59 Å². The van der Waals surface area contributed by atoms with E-state index in [1.165, 1.54) is 0 Å². The summed E-state index contributed by atoms with van der Waals surface area (Å²) in [5.41, 5.74) is 3.30. The summed E-state index contributed by atoms with van der Waals surface area (Å²) < 4.78 is 5.55. The average Bonchev–Trinajstić information content (AvgIpc) is 2.56. The van der Waals surface area contributed by atoms with Crippen molar-refractivity contribution in [3.05, 3.63) is 59.2 Å². The molecule has 0 bridgehead atoms. The molecule has 0 unspecified atom stereocenters. The maximum absolute atomic E-state index is 11.9. The van der Waals surface area contributed by atoms with Crippen molar-refractivity contribution in [2.75, 3.05) is 19.0 Å². The lowest BCUT2D eigenvalue weighted by molar-refractivity contribution is -0.118.